The lowest BCUT2D eigenvalue weighted by Crippen LogP contribution is -2.35. The van der Waals surface area contributed by atoms with Gasteiger partial charge in [-0.3, -0.25) is 0 Å². The van der Waals surface area contributed by atoms with Crippen LogP contribution in [0.15, 0.2) is 127 Å². The highest BCUT2D eigenvalue weighted by Gasteiger charge is 2.44. The van der Waals surface area contributed by atoms with Crippen molar-refractivity contribution in [2.75, 3.05) is 7.11 Å². The second kappa shape index (κ2) is 9.82. The molecule has 7 aromatic carbocycles. The number of benzene rings is 7. The molecule has 0 N–H and O–H groups in total. The minimum Gasteiger partial charge on any atom is -0.497 e. The van der Waals surface area contributed by atoms with Gasteiger partial charge in [0.05, 0.1) is 13.7 Å². The van der Waals surface area contributed by atoms with E-state index >= 15 is 0 Å². The Morgan fingerprint density at radius 3 is 2.11 bits per heavy atom. The van der Waals surface area contributed by atoms with Crippen molar-refractivity contribution in [1.29, 1.82) is 0 Å². The molecule has 3 nitrogen and oxygen atoms in total. The van der Waals surface area contributed by atoms with Crippen LogP contribution in [0.3, 0.4) is 0 Å². The maximum atomic E-state index is 7.71. The van der Waals surface area contributed by atoms with Crippen LogP contribution in [0.2, 0.25) is 0 Å². The Morgan fingerprint density at radius 1 is 0.681 bits per heavy atom. The van der Waals surface area contributed by atoms with E-state index in [0.717, 1.165) is 44.3 Å². The van der Waals surface area contributed by atoms with E-state index in [-0.39, 0.29) is 5.41 Å². The summed E-state index contributed by atoms with van der Waals surface area (Å²) in [6.45, 7) is 12.3. The van der Waals surface area contributed by atoms with E-state index in [0.29, 0.717) is 5.69 Å². The van der Waals surface area contributed by atoms with E-state index in [9.17, 15) is 0 Å². The van der Waals surface area contributed by atoms with E-state index in [1.165, 1.54) is 38.4 Å². The van der Waals surface area contributed by atoms with Gasteiger partial charge in [-0.05, 0) is 73.5 Å². The Balaban J connectivity index is 1.39. The van der Waals surface area contributed by atoms with Crippen LogP contribution in [0.1, 0.15) is 41.7 Å². The fraction of sp³-hybridized carbons (Fsp3) is 0.114. The van der Waals surface area contributed by atoms with E-state index in [4.69, 9.17) is 16.0 Å². The average molecular weight is 606 g/mol. The number of ether oxygens (including phenoxy) is 2. The van der Waals surface area contributed by atoms with Gasteiger partial charge in [-0.1, -0.05) is 123 Å². The van der Waals surface area contributed by atoms with Gasteiger partial charge in [0.15, 0.2) is 11.3 Å². The van der Waals surface area contributed by atoms with Crippen molar-refractivity contribution >= 4 is 44.1 Å². The van der Waals surface area contributed by atoms with Gasteiger partial charge in [0.25, 0.3) is 0 Å². The van der Waals surface area contributed by atoms with Gasteiger partial charge in [0.2, 0.25) is 0 Å². The van der Waals surface area contributed by atoms with Crippen LogP contribution < -0.4 is 9.47 Å². The minimum absolute atomic E-state index is 0.330. The number of rotatable bonds is 3. The summed E-state index contributed by atoms with van der Waals surface area (Å²) in [6, 6.07) is 42.6. The predicted octanol–water partition coefficient (Wildman–Crippen LogP) is 11.4. The first kappa shape index (κ1) is 27.5. The van der Waals surface area contributed by atoms with Crippen LogP contribution in [0, 0.1) is 6.57 Å². The molecule has 1 atom stereocenters. The molecule has 1 aliphatic heterocycles. The molecule has 224 valence electrons. The molecule has 0 bridgehead atoms. The summed E-state index contributed by atoms with van der Waals surface area (Å²) >= 11 is 0. The lowest BCUT2D eigenvalue weighted by molar-refractivity contribution is 0.165. The largest absolute Gasteiger partial charge is 0.497 e. The van der Waals surface area contributed by atoms with Crippen molar-refractivity contribution in [3.63, 3.8) is 0 Å². The maximum absolute atomic E-state index is 7.71. The molecule has 47 heavy (non-hydrogen) atoms. The summed E-state index contributed by atoms with van der Waals surface area (Å²) in [6.07, 6.45) is 4.55. The molecule has 2 aliphatic rings. The van der Waals surface area contributed by atoms with E-state index in [1.807, 2.05) is 18.2 Å². The Labute approximate surface area is 274 Å². The minimum atomic E-state index is -0.924. The van der Waals surface area contributed by atoms with Crippen LogP contribution in [-0.4, -0.2) is 7.11 Å². The van der Waals surface area contributed by atoms with Crippen molar-refractivity contribution in [3.05, 3.63) is 167 Å². The summed E-state index contributed by atoms with van der Waals surface area (Å²) in [4.78, 5) is 3.77. The molecule has 7 aromatic rings. The third kappa shape index (κ3) is 3.73. The predicted molar refractivity (Wildman–Crippen MR) is 193 cm³/mol. The molecule has 0 aromatic heterocycles. The van der Waals surface area contributed by atoms with Crippen LogP contribution in [0.25, 0.3) is 54.4 Å². The molecule has 1 aliphatic carbocycles. The monoisotopic (exact) mass is 605 g/mol. The zero-order valence-corrected chi connectivity index (χ0v) is 26.5. The van der Waals surface area contributed by atoms with Crippen molar-refractivity contribution in [2.24, 2.45) is 0 Å². The summed E-state index contributed by atoms with van der Waals surface area (Å²) in [5.74, 6) is 1.68. The molecule has 1 heterocycles. The number of fused-ring (bicyclic) bond motifs is 11. The first-order valence-electron chi connectivity index (χ1n) is 16.0. The van der Waals surface area contributed by atoms with Crippen molar-refractivity contribution < 1.29 is 9.47 Å². The third-order valence-electron chi connectivity index (χ3n) is 10.3. The molecule has 0 saturated carbocycles. The first-order chi connectivity index (χ1) is 22.9. The van der Waals surface area contributed by atoms with Crippen LogP contribution >= 0.6 is 0 Å². The van der Waals surface area contributed by atoms with Gasteiger partial charge in [0, 0.05) is 27.5 Å². The Kier molecular flexibility index (Phi) is 5.74. The normalized spacial score (nSPS) is 17.1. The van der Waals surface area contributed by atoms with Gasteiger partial charge in [0.1, 0.15) is 11.5 Å². The van der Waals surface area contributed by atoms with Crippen molar-refractivity contribution in [3.8, 4) is 22.6 Å². The second-order valence-electron chi connectivity index (χ2n) is 13.1. The van der Waals surface area contributed by atoms with E-state index in [1.54, 1.807) is 7.11 Å². The molecular weight excluding hydrogens is 574 g/mol. The van der Waals surface area contributed by atoms with Gasteiger partial charge in [-0.15, -0.1) is 0 Å². The van der Waals surface area contributed by atoms with Crippen molar-refractivity contribution in [1.82, 2.24) is 0 Å². The Hall–Kier alpha value is -5.85. The lowest BCUT2D eigenvalue weighted by atomic mass is 9.76. The molecule has 9 rings (SSSR count). The molecule has 0 spiro atoms. The fourth-order valence-corrected chi connectivity index (χ4v) is 8.15. The summed E-state index contributed by atoms with van der Waals surface area (Å²) in [5, 5.41) is 6.97. The average Bonchev–Trinajstić information content (AvgIpc) is 3.37. The smallest absolute Gasteiger partial charge is 0.187 e. The Bertz CT molecular complexity index is 2520. The molecule has 0 radical (unpaired) electrons. The van der Waals surface area contributed by atoms with Gasteiger partial charge in [-0.2, -0.15) is 0 Å². The van der Waals surface area contributed by atoms with Gasteiger partial charge >= 0.3 is 0 Å². The number of methoxy groups -OCH3 is 1. The standard InChI is InChI=1S/C44H31NO2/c1-43(2)38-26-29(45-3)19-22-36(38)40-34-15-9-10-16-35(34)42-37(41(40)43)23-24-44(47-42,28-17-20-30(46-4)21-18-28)39-25-27-11-5-6-12-31(27)32-13-7-8-14-33(32)39/h5-26H,1-2,4H3. The lowest BCUT2D eigenvalue weighted by Gasteiger charge is -2.39. The molecule has 0 amide bonds. The highest BCUT2D eigenvalue weighted by atomic mass is 16.5. The molecule has 0 fully saturated rings. The zero-order chi connectivity index (χ0) is 31.9. The highest BCUT2D eigenvalue weighted by Crippen LogP contribution is 2.59. The van der Waals surface area contributed by atoms with Crippen LogP contribution in [-0.2, 0) is 11.0 Å². The SMILES string of the molecule is [C-]#[N+]c1ccc2c(c1)C(C)(C)c1c3c(c4ccccc4c1-2)OC(c1ccc(OC)cc1)(c1cc2ccccc2c2ccccc12)C=C3. The number of hydrogen-bond donors (Lipinski definition) is 0. The molecule has 1 unspecified atom stereocenters. The van der Waals surface area contributed by atoms with Crippen molar-refractivity contribution in [2.45, 2.75) is 24.9 Å². The summed E-state index contributed by atoms with van der Waals surface area (Å²) in [5.41, 5.74) is 7.47. The molecular formula is C44H31NO2. The number of nitrogens with zero attached hydrogens (tertiary/aromatic N) is 1. The van der Waals surface area contributed by atoms with Gasteiger partial charge in [-0.25, -0.2) is 4.85 Å². The molecule has 0 saturated heterocycles. The summed E-state index contributed by atoms with van der Waals surface area (Å²) < 4.78 is 13.2. The zero-order valence-electron chi connectivity index (χ0n) is 26.5. The van der Waals surface area contributed by atoms with Crippen LogP contribution in [0.4, 0.5) is 5.69 Å². The van der Waals surface area contributed by atoms with Gasteiger partial charge < -0.3 is 9.47 Å². The first-order valence-corrected chi connectivity index (χ1v) is 16.0. The summed E-state index contributed by atoms with van der Waals surface area (Å²) in [7, 11) is 1.70. The van der Waals surface area contributed by atoms with Crippen LogP contribution in [0.5, 0.6) is 11.5 Å². The topological polar surface area (TPSA) is 22.8 Å². The van der Waals surface area contributed by atoms with E-state index in [2.05, 4.69) is 134 Å². The quantitative estimate of drug-likeness (QED) is 0.148. The maximum Gasteiger partial charge on any atom is 0.187 e. The van der Waals surface area contributed by atoms with E-state index < -0.39 is 5.60 Å². The molecule has 3 heteroatoms. The highest BCUT2D eigenvalue weighted by molar-refractivity contribution is 6.11. The fourth-order valence-electron chi connectivity index (χ4n) is 8.15. The Morgan fingerprint density at radius 2 is 1.36 bits per heavy atom. The second-order valence-corrected chi connectivity index (χ2v) is 13.1. The third-order valence-corrected chi connectivity index (χ3v) is 10.3. The number of hydrogen-bond acceptors (Lipinski definition) is 2.